The first-order valence-corrected chi connectivity index (χ1v) is 7.13. The van der Waals surface area contributed by atoms with Crippen LogP contribution in [-0.2, 0) is 6.54 Å². The van der Waals surface area contributed by atoms with Crippen LogP contribution in [0.5, 0.6) is 0 Å². The van der Waals surface area contributed by atoms with Crippen molar-refractivity contribution >= 4 is 11.5 Å². The molecule has 5 nitrogen and oxygen atoms in total. The predicted molar refractivity (Wildman–Crippen MR) is 80.3 cm³/mol. The summed E-state index contributed by atoms with van der Waals surface area (Å²) in [6.07, 6.45) is -4.69. The van der Waals surface area contributed by atoms with E-state index in [1.165, 1.54) is 0 Å². The van der Waals surface area contributed by atoms with Gasteiger partial charge in [0.05, 0.1) is 17.3 Å². The molecule has 1 aromatic heterocycles. The zero-order valence-corrected chi connectivity index (χ0v) is 13.3. The molecule has 0 saturated carbocycles. The monoisotopic (exact) mass is 362 g/mol. The van der Waals surface area contributed by atoms with Crippen LogP contribution in [0.15, 0.2) is 12.1 Å². The summed E-state index contributed by atoms with van der Waals surface area (Å²) in [5, 5.41) is 3.58. The summed E-state index contributed by atoms with van der Waals surface area (Å²) < 4.78 is 67.9. The van der Waals surface area contributed by atoms with E-state index in [0.717, 1.165) is 26.0 Å². The van der Waals surface area contributed by atoms with Gasteiger partial charge < -0.3 is 11.5 Å². The summed E-state index contributed by atoms with van der Waals surface area (Å²) in [7, 11) is 0. The molecule has 4 N–H and O–H groups in total. The standard InChI is InChI=1S/C15H15F5N4O/c1-6(15(18,19)20)12-11(22)13(7(2)25)24(23-12)14-9(16)3-8(5-21)4-10(14)17/h3-4,6H,5,21-22H2,1-2H3. The highest BCUT2D eigenvalue weighted by atomic mass is 19.4. The van der Waals surface area contributed by atoms with Gasteiger partial charge in [-0.05, 0) is 24.6 Å². The summed E-state index contributed by atoms with van der Waals surface area (Å²) in [4.78, 5) is 11.8. The molecule has 0 aliphatic rings. The third-order valence-corrected chi connectivity index (χ3v) is 3.71. The molecule has 0 spiro atoms. The van der Waals surface area contributed by atoms with E-state index in [4.69, 9.17) is 11.5 Å². The number of nitrogen functional groups attached to an aromatic ring is 1. The summed E-state index contributed by atoms with van der Waals surface area (Å²) in [5.74, 6) is -5.16. The second-order valence-corrected chi connectivity index (χ2v) is 5.49. The lowest BCUT2D eigenvalue weighted by atomic mass is 10.1. The van der Waals surface area contributed by atoms with Crippen LogP contribution in [0.4, 0.5) is 27.6 Å². The maximum atomic E-state index is 14.3. The fraction of sp³-hybridized carbons (Fsp3) is 0.333. The maximum Gasteiger partial charge on any atom is 0.397 e. The van der Waals surface area contributed by atoms with Gasteiger partial charge in [0.15, 0.2) is 17.4 Å². The number of aromatic nitrogens is 2. The molecule has 2 aromatic rings. The third-order valence-electron chi connectivity index (χ3n) is 3.71. The predicted octanol–water partition coefficient (Wildman–Crippen LogP) is 3.06. The molecule has 0 aliphatic carbocycles. The highest BCUT2D eigenvalue weighted by Crippen LogP contribution is 2.38. The van der Waals surface area contributed by atoms with Crippen LogP contribution in [0.25, 0.3) is 5.69 Å². The summed E-state index contributed by atoms with van der Waals surface area (Å²) >= 11 is 0. The number of benzene rings is 1. The van der Waals surface area contributed by atoms with Crippen molar-refractivity contribution in [1.29, 1.82) is 0 Å². The van der Waals surface area contributed by atoms with E-state index in [9.17, 15) is 26.7 Å². The van der Waals surface area contributed by atoms with Crippen LogP contribution in [0, 0.1) is 11.6 Å². The Morgan fingerprint density at radius 2 is 1.80 bits per heavy atom. The molecule has 1 heterocycles. The Labute approximate surface area is 139 Å². The lowest BCUT2D eigenvalue weighted by Gasteiger charge is -2.13. The summed E-state index contributed by atoms with van der Waals surface area (Å²) in [6.45, 7) is 1.65. The molecule has 136 valence electrons. The summed E-state index contributed by atoms with van der Waals surface area (Å²) in [6, 6.07) is 1.82. The Morgan fingerprint density at radius 3 is 2.20 bits per heavy atom. The number of carbonyl (C=O) groups is 1. The minimum absolute atomic E-state index is 0.132. The van der Waals surface area contributed by atoms with E-state index < -0.39 is 52.3 Å². The van der Waals surface area contributed by atoms with Gasteiger partial charge in [0.1, 0.15) is 11.4 Å². The lowest BCUT2D eigenvalue weighted by Crippen LogP contribution is -2.19. The number of anilines is 1. The zero-order valence-electron chi connectivity index (χ0n) is 13.3. The topological polar surface area (TPSA) is 86.9 Å². The number of ketones is 1. The molecular formula is C15H15F5N4O. The second-order valence-electron chi connectivity index (χ2n) is 5.49. The highest BCUT2D eigenvalue weighted by Gasteiger charge is 2.41. The first-order valence-electron chi connectivity index (χ1n) is 7.13. The molecule has 1 aromatic carbocycles. The zero-order chi connectivity index (χ0) is 19.1. The Morgan fingerprint density at radius 1 is 1.28 bits per heavy atom. The molecule has 0 bridgehead atoms. The first-order chi connectivity index (χ1) is 11.5. The Hall–Kier alpha value is -2.49. The molecular weight excluding hydrogens is 347 g/mol. The van der Waals surface area contributed by atoms with E-state index in [1.807, 2.05) is 0 Å². The minimum Gasteiger partial charge on any atom is -0.395 e. The molecule has 10 heteroatoms. The van der Waals surface area contributed by atoms with Crippen molar-refractivity contribution in [2.24, 2.45) is 5.73 Å². The van der Waals surface area contributed by atoms with E-state index in [2.05, 4.69) is 5.10 Å². The van der Waals surface area contributed by atoms with Crippen LogP contribution in [0.2, 0.25) is 0 Å². The van der Waals surface area contributed by atoms with Crippen LogP contribution in [0.1, 0.15) is 41.5 Å². The third kappa shape index (κ3) is 3.34. The molecule has 25 heavy (non-hydrogen) atoms. The number of hydrogen-bond donors (Lipinski definition) is 2. The van der Waals surface area contributed by atoms with Crippen molar-refractivity contribution in [2.75, 3.05) is 5.73 Å². The highest BCUT2D eigenvalue weighted by molar-refractivity contribution is 5.98. The molecule has 0 saturated heterocycles. The average Bonchev–Trinajstić information content (AvgIpc) is 2.81. The van der Waals surface area contributed by atoms with Gasteiger partial charge in [0, 0.05) is 13.5 Å². The molecule has 0 amide bonds. The average molecular weight is 362 g/mol. The van der Waals surface area contributed by atoms with Gasteiger partial charge in [-0.1, -0.05) is 0 Å². The van der Waals surface area contributed by atoms with Crippen molar-refractivity contribution < 1.29 is 26.7 Å². The Bertz CT molecular complexity index is 805. The van der Waals surface area contributed by atoms with Crippen LogP contribution in [-0.4, -0.2) is 21.7 Å². The van der Waals surface area contributed by atoms with Gasteiger partial charge in [-0.15, -0.1) is 0 Å². The van der Waals surface area contributed by atoms with Crippen molar-refractivity contribution in [3.05, 3.63) is 40.7 Å². The number of alkyl halides is 3. The van der Waals surface area contributed by atoms with Gasteiger partial charge in [-0.25, -0.2) is 13.5 Å². The Balaban J connectivity index is 2.77. The SMILES string of the molecule is CC(=O)c1c(N)c(C(C)C(F)(F)F)nn1-c1c(F)cc(CN)cc1F. The number of Topliss-reactive ketones (excluding diaryl/α,β-unsaturated/α-hetero) is 1. The lowest BCUT2D eigenvalue weighted by molar-refractivity contribution is -0.147. The molecule has 0 fully saturated rings. The number of nitrogens with two attached hydrogens (primary N) is 2. The van der Waals surface area contributed by atoms with Crippen LogP contribution < -0.4 is 11.5 Å². The quantitative estimate of drug-likeness (QED) is 0.646. The van der Waals surface area contributed by atoms with Crippen LogP contribution >= 0.6 is 0 Å². The molecule has 1 unspecified atom stereocenters. The largest absolute Gasteiger partial charge is 0.397 e. The number of hydrogen-bond acceptors (Lipinski definition) is 4. The number of rotatable bonds is 4. The maximum absolute atomic E-state index is 14.3. The Kier molecular flexibility index (Phi) is 4.85. The summed E-state index contributed by atoms with van der Waals surface area (Å²) in [5.41, 5.74) is 8.50. The van der Waals surface area contributed by atoms with Crippen molar-refractivity contribution in [3.8, 4) is 5.69 Å². The fourth-order valence-electron chi connectivity index (χ4n) is 2.36. The van der Waals surface area contributed by atoms with Crippen molar-refractivity contribution in [2.45, 2.75) is 32.5 Å². The molecule has 1 atom stereocenters. The van der Waals surface area contributed by atoms with Crippen molar-refractivity contribution in [3.63, 3.8) is 0 Å². The van der Waals surface area contributed by atoms with Gasteiger partial charge >= 0.3 is 6.18 Å². The van der Waals surface area contributed by atoms with Crippen LogP contribution in [0.3, 0.4) is 0 Å². The minimum atomic E-state index is -4.69. The molecule has 0 radical (unpaired) electrons. The normalized spacial score (nSPS) is 13.1. The van der Waals surface area contributed by atoms with E-state index >= 15 is 0 Å². The van der Waals surface area contributed by atoms with E-state index in [0.29, 0.717) is 4.68 Å². The van der Waals surface area contributed by atoms with Gasteiger partial charge in [0.25, 0.3) is 0 Å². The second kappa shape index (κ2) is 6.43. The molecule has 2 rings (SSSR count). The first kappa shape index (κ1) is 18.8. The van der Waals surface area contributed by atoms with Gasteiger partial charge in [-0.3, -0.25) is 4.79 Å². The van der Waals surface area contributed by atoms with E-state index in [-0.39, 0.29) is 12.1 Å². The van der Waals surface area contributed by atoms with Gasteiger partial charge in [-0.2, -0.15) is 18.3 Å². The fourth-order valence-corrected chi connectivity index (χ4v) is 2.36. The van der Waals surface area contributed by atoms with Crippen molar-refractivity contribution in [1.82, 2.24) is 9.78 Å². The number of halogens is 5. The number of nitrogens with zero attached hydrogens (tertiary/aromatic N) is 2. The van der Waals surface area contributed by atoms with Gasteiger partial charge in [0.2, 0.25) is 0 Å². The van der Waals surface area contributed by atoms with E-state index in [1.54, 1.807) is 0 Å². The molecule has 0 aliphatic heterocycles. The number of carbonyl (C=O) groups excluding carboxylic acids is 1. The smallest absolute Gasteiger partial charge is 0.395 e.